The summed E-state index contributed by atoms with van der Waals surface area (Å²) >= 11 is 0. The molecule has 4 saturated carbocycles. The molecule has 0 amide bonds. The van der Waals surface area contributed by atoms with E-state index in [1.807, 2.05) is 0 Å². The van der Waals surface area contributed by atoms with Crippen LogP contribution in [-0.2, 0) is 10.8 Å². The molecule has 0 bridgehead atoms. The van der Waals surface area contributed by atoms with Crippen LogP contribution in [0.1, 0.15) is 56.2 Å². The fourth-order valence-electron chi connectivity index (χ4n) is 13.6. The largest absolute Gasteiger partial charge is 0.310 e. The van der Waals surface area contributed by atoms with Gasteiger partial charge in [0.1, 0.15) is 0 Å². The predicted octanol–water partition coefficient (Wildman–Crippen LogP) is 14.2. The standard InChI is InChI=1S/C55H46N2/c1-54(2)45-17-7-3-14-41(45)44-31-39(27-28-46(44)54)56(51-22-12-8-18-47(51)55-32-36-29-35-30-37(33-55)53(55)52(35)36)38-25-23-34(24-26-38)40-13-4-9-19-48(40)57-49-20-10-5-15-42(49)43-16-6-11-21-50(43)57/h3-28,31,35-37,52-53H,29-30,32-33H2,1-2H3/t35-,36?,37?,52+,53?,55-/m1/s1. The van der Waals surface area contributed by atoms with Crippen molar-refractivity contribution in [3.63, 3.8) is 0 Å². The third-order valence-electron chi connectivity index (χ3n) is 15.8. The maximum absolute atomic E-state index is 2.61. The lowest BCUT2D eigenvalue weighted by Gasteiger charge is -2.52. The number of nitrogens with zero attached hydrogens (tertiary/aromatic N) is 2. The molecule has 7 aromatic carbocycles. The third-order valence-corrected chi connectivity index (χ3v) is 15.8. The van der Waals surface area contributed by atoms with Crippen molar-refractivity contribution in [2.45, 2.75) is 50.4 Å². The first-order valence-electron chi connectivity index (χ1n) is 21.3. The second-order valence-corrected chi connectivity index (χ2v) is 18.6. The van der Waals surface area contributed by atoms with Gasteiger partial charge in [-0.25, -0.2) is 0 Å². The normalized spacial score (nSPS) is 25.5. The molecule has 3 unspecified atom stereocenters. The van der Waals surface area contributed by atoms with Crippen LogP contribution in [0.5, 0.6) is 0 Å². The van der Waals surface area contributed by atoms with E-state index >= 15 is 0 Å². The molecule has 2 nitrogen and oxygen atoms in total. The van der Waals surface area contributed by atoms with E-state index in [-0.39, 0.29) is 5.41 Å². The Morgan fingerprint density at radius 3 is 1.89 bits per heavy atom. The molecule has 57 heavy (non-hydrogen) atoms. The van der Waals surface area contributed by atoms with Gasteiger partial charge in [-0.15, -0.1) is 0 Å². The smallest absolute Gasteiger partial charge is 0.0541 e. The molecule has 0 aliphatic heterocycles. The molecule has 4 fully saturated rings. The second-order valence-electron chi connectivity index (χ2n) is 18.6. The number of aromatic nitrogens is 1. The van der Waals surface area contributed by atoms with Gasteiger partial charge in [0.2, 0.25) is 0 Å². The fourth-order valence-corrected chi connectivity index (χ4v) is 13.6. The molecule has 5 aliphatic carbocycles. The van der Waals surface area contributed by atoms with Gasteiger partial charge < -0.3 is 9.47 Å². The number of para-hydroxylation sites is 4. The SMILES string of the molecule is CC1(C)c2ccccc2-c2cc(N(c3ccc(-c4ccccc4-n4c5ccccc5c5ccccc54)cc3)c3ccccc3[C@]34CC5C[C@H]6CC(C3)[C@H]6C54)ccc21. The van der Waals surface area contributed by atoms with E-state index in [1.165, 1.54) is 104 Å². The minimum absolute atomic E-state index is 0.0271. The van der Waals surface area contributed by atoms with Crippen LogP contribution in [0.25, 0.3) is 49.7 Å². The highest BCUT2D eigenvalue weighted by atomic mass is 15.1. The molecule has 13 rings (SSSR count). The van der Waals surface area contributed by atoms with Gasteiger partial charge in [0, 0.05) is 44.2 Å². The topological polar surface area (TPSA) is 8.17 Å². The first-order chi connectivity index (χ1) is 28.0. The van der Waals surface area contributed by atoms with Gasteiger partial charge in [-0.1, -0.05) is 129 Å². The maximum atomic E-state index is 2.61. The number of fused-ring (bicyclic) bond motifs is 6. The molecule has 0 saturated heterocycles. The van der Waals surface area contributed by atoms with E-state index < -0.39 is 0 Å². The Morgan fingerprint density at radius 2 is 1.11 bits per heavy atom. The van der Waals surface area contributed by atoms with Crippen LogP contribution in [0, 0.1) is 29.6 Å². The summed E-state index contributed by atoms with van der Waals surface area (Å²) in [6, 6.07) is 62.0. The highest BCUT2D eigenvalue weighted by Gasteiger charge is 2.73. The van der Waals surface area contributed by atoms with Gasteiger partial charge in [-0.05, 0) is 137 Å². The molecular weight excluding hydrogens is 689 g/mol. The number of rotatable bonds is 6. The van der Waals surface area contributed by atoms with Gasteiger partial charge >= 0.3 is 0 Å². The quantitative estimate of drug-likeness (QED) is 0.165. The molecule has 0 N–H and O–H groups in total. The minimum Gasteiger partial charge on any atom is -0.310 e. The van der Waals surface area contributed by atoms with Gasteiger partial charge in [-0.3, -0.25) is 0 Å². The van der Waals surface area contributed by atoms with Gasteiger partial charge in [0.25, 0.3) is 0 Å². The molecule has 2 heteroatoms. The molecule has 276 valence electrons. The molecule has 6 atom stereocenters. The Balaban J connectivity index is 0.975. The summed E-state index contributed by atoms with van der Waals surface area (Å²) in [7, 11) is 0. The summed E-state index contributed by atoms with van der Waals surface area (Å²) in [4.78, 5) is 2.61. The van der Waals surface area contributed by atoms with Crippen LogP contribution >= 0.6 is 0 Å². The molecular formula is C55H46N2. The summed E-state index contributed by atoms with van der Waals surface area (Å²) in [6.45, 7) is 4.77. The molecule has 0 spiro atoms. The molecule has 1 aromatic heterocycles. The number of benzene rings is 7. The van der Waals surface area contributed by atoms with Crippen molar-refractivity contribution in [3.8, 4) is 27.9 Å². The van der Waals surface area contributed by atoms with Gasteiger partial charge in [0.05, 0.1) is 16.7 Å². The van der Waals surface area contributed by atoms with Crippen LogP contribution in [0.15, 0.2) is 164 Å². The molecule has 1 heterocycles. The summed E-state index contributed by atoms with van der Waals surface area (Å²) in [6.07, 6.45) is 5.71. The van der Waals surface area contributed by atoms with Crippen LogP contribution in [0.2, 0.25) is 0 Å². The minimum atomic E-state index is -0.0271. The van der Waals surface area contributed by atoms with Crippen molar-refractivity contribution in [2.75, 3.05) is 4.90 Å². The molecule has 0 radical (unpaired) electrons. The van der Waals surface area contributed by atoms with E-state index in [0.717, 1.165) is 29.6 Å². The number of hydrogen-bond donors (Lipinski definition) is 0. The Morgan fingerprint density at radius 1 is 0.509 bits per heavy atom. The third kappa shape index (κ3) is 4.21. The van der Waals surface area contributed by atoms with Crippen molar-refractivity contribution in [3.05, 3.63) is 180 Å². The van der Waals surface area contributed by atoms with Crippen molar-refractivity contribution in [1.82, 2.24) is 4.57 Å². The fraction of sp³-hybridized carbons (Fsp3) is 0.236. The first kappa shape index (κ1) is 32.2. The maximum Gasteiger partial charge on any atom is 0.0541 e. The lowest BCUT2D eigenvalue weighted by Crippen LogP contribution is -2.47. The summed E-state index contributed by atoms with van der Waals surface area (Å²) < 4.78 is 2.45. The Hall–Kier alpha value is -5.86. The summed E-state index contributed by atoms with van der Waals surface area (Å²) in [5, 5.41) is 2.57. The zero-order valence-electron chi connectivity index (χ0n) is 32.7. The van der Waals surface area contributed by atoms with E-state index in [0.29, 0.717) is 5.41 Å². The number of anilines is 3. The van der Waals surface area contributed by atoms with Crippen LogP contribution in [0.3, 0.4) is 0 Å². The Labute approximate surface area is 335 Å². The highest BCUT2D eigenvalue weighted by Crippen LogP contribution is 2.79. The zero-order valence-corrected chi connectivity index (χ0v) is 32.7. The monoisotopic (exact) mass is 734 g/mol. The second kappa shape index (κ2) is 11.4. The average Bonchev–Trinajstić information content (AvgIpc) is 3.84. The predicted molar refractivity (Wildman–Crippen MR) is 236 cm³/mol. The highest BCUT2D eigenvalue weighted by molar-refractivity contribution is 6.09. The average molecular weight is 735 g/mol. The zero-order chi connectivity index (χ0) is 37.6. The molecule has 8 aromatic rings. The van der Waals surface area contributed by atoms with Crippen molar-refractivity contribution < 1.29 is 0 Å². The van der Waals surface area contributed by atoms with Crippen LogP contribution in [-0.4, -0.2) is 4.57 Å². The Bertz CT molecular complexity index is 2890. The lowest BCUT2D eigenvalue weighted by atomic mass is 9.53. The van der Waals surface area contributed by atoms with E-state index in [1.54, 1.807) is 5.56 Å². The van der Waals surface area contributed by atoms with Gasteiger partial charge in [-0.2, -0.15) is 0 Å². The summed E-state index contributed by atoms with van der Waals surface area (Å²) in [5.74, 6) is 4.70. The van der Waals surface area contributed by atoms with Gasteiger partial charge in [0.15, 0.2) is 0 Å². The van der Waals surface area contributed by atoms with E-state index in [9.17, 15) is 0 Å². The van der Waals surface area contributed by atoms with Crippen LogP contribution < -0.4 is 4.90 Å². The van der Waals surface area contributed by atoms with E-state index in [2.05, 4.69) is 187 Å². The molecule has 5 aliphatic rings. The number of hydrogen-bond acceptors (Lipinski definition) is 1. The summed E-state index contributed by atoms with van der Waals surface area (Å²) in [5.41, 5.74) is 17.4. The lowest BCUT2D eigenvalue weighted by molar-refractivity contribution is 0.0688. The Kier molecular flexibility index (Phi) is 6.44. The van der Waals surface area contributed by atoms with E-state index in [4.69, 9.17) is 0 Å². The van der Waals surface area contributed by atoms with Crippen molar-refractivity contribution in [2.24, 2.45) is 29.6 Å². The van der Waals surface area contributed by atoms with Crippen LogP contribution in [0.4, 0.5) is 17.1 Å². The van der Waals surface area contributed by atoms with Crippen molar-refractivity contribution in [1.29, 1.82) is 0 Å². The first-order valence-corrected chi connectivity index (χ1v) is 21.3. The van der Waals surface area contributed by atoms with Crippen molar-refractivity contribution >= 4 is 38.9 Å².